The molecule has 0 aliphatic heterocycles. The second-order valence-electron chi connectivity index (χ2n) is 7.64. The van der Waals surface area contributed by atoms with Gasteiger partial charge in [0.2, 0.25) is 0 Å². The molecule has 1 saturated carbocycles. The Bertz CT molecular complexity index is 313. The van der Waals surface area contributed by atoms with E-state index in [0.29, 0.717) is 11.8 Å². The van der Waals surface area contributed by atoms with Crippen LogP contribution in [0.15, 0.2) is 0 Å². The van der Waals surface area contributed by atoms with E-state index >= 15 is 0 Å². The van der Waals surface area contributed by atoms with E-state index in [2.05, 4.69) is 41.5 Å². The van der Waals surface area contributed by atoms with Crippen LogP contribution in [0.1, 0.15) is 86.5 Å². The molecule has 1 aliphatic carbocycles. The molecule has 20 heavy (non-hydrogen) atoms. The molecular weight excluding hydrogens is 248 g/mol. The number of carbonyl (C=O) groups is 1. The molecule has 118 valence electrons. The highest BCUT2D eigenvalue weighted by Crippen LogP contribution is 2.41. The van der Waals surface area contributed by atoms with Crippen LogP contribution in [0.3, 0.4) is 0 Å². The number of hydrogen-bond acceptors (Lipinski definition) is 2. The zero-order valence-electron chi connectivity index (χ0n) is 14.4. The van der Waals surface area contributed by atoms with E-state index in [9.17, 15) is 4.79 Å². The third kappa shape index (κ3) is 3.99. The van der Waals surface area contributed by atoms with Gasteiger partial charge in [-0.15, -0.1) is 0 Å². The first-order chi connectivity index (χ1) is 9.26. The predicted octanol–water partition coefficient (Wildman–Crippen LogP) is 5.35. The van der Waals surface area contributed by atoms with E-state index in [-0.39, 0.29) is 17.0 Å². The van der Waals surface area contributed by atoms with Gasteiger partial charge in [0.1, 0.15) is 5.60 Å². The van der Waals surface area contributed by atoms with Gasteiger partial charge in [-0.1, -0.05) is 34.6 Å². The number of esters is 1. The lowest BCUT2D eigenvalue weighted by Gasteiger charge is -2.37. The molecule has 1 fully saturated rings. The number of ether oxygens (including phenoxy) is 1. The van der Waals surface area contributed by atoms with Crippen molar-refractivity contribution in [1.82, 2.24) is 0 Å². The second-order valence-corrected chi connectivity index (χ2v) is 7.64. The second kappa shape index (κ2) is 6.95. The molecule has 2 heteroatoms. The van der Waals surface area contributed by atoms with Crippen LogP contribution in [0, 0.1) is 17.3 Å². The summed E-state index contributed by atoms with van der Waals surface area (Å²) in [5, 5.41) is 0. The molecule has 1 atom stereocenters. The van der Waals surface area contributed by atoms with Crippen molar-refractivity contribution in [2.45, 2.75) is 92.1 Å². The van der Waals surface area contributed by atoms with Crippen LogP contribution in [0.2, 0.25) is 0 Å². The van der Waals surface area contributed by atoms with E-state index in [1.165, 1.54) is 12.8 Å². The summed E-state index contributed by atoms with van der Waals surface area (Å²) in [4.78, 5) is 12.8. The zero-order chi connectivity index (χ0) is 15.4. The van der Waals surface area contributed by atoms with Crippen molar-refractivity contribution in [2.24, 2.45) is 17.3 Å². The lowest BCUT2D eigenvalue weighted by molar-refractivity contribution is -0.175. The molecule has 0 spiro atoms. The van der Waals surface area contributed by atoms with Crippen LogP contribution in [0.25, 0.3) is 0 Å². The molecule has 0 radical (unpaired) electrons. The topological polar surface area (TPSA) is 26.3 Å². The minimum Gasteiger partial charge on any atom is -0.459 e. The summed E-state index contributed by atoms with van der Waals surface area (Å²) in [7, 11) is 0. The van der Waals surface area contributed by atoms with Crippen LogP contribution < -0.4 is 0 Å². The molecule has 0 heterocycles. The fraction of sp³-hybridized carbons (Fsp3) is 0.944. The molecule has 1 aliphatic rings. The number of hydrogen-bond donors (Lipinski definition) is 0. The van der Waals surface area contributed by atoms with Crippen molar-refractivity contribution in [1.29, 1.82) is 0 Å². The third-order valence-corrected chi connectivity index (χ3v) is 5.45. The van der Waals surface area contributed by atoms with E-state index in [1.54, 1.807) is 0 Å². The molecule has 0 saturated heterocycles. The Balaban J connectivity index is 2.78. The van der Waals surface area contributed by atoms with Gasteiger partial charge in [0.15, 0.2) is 0 Å². The van der Waals surface area contributed by atoms with Crippen molar-refractivity contribution >= 4 is 5.97 Å². The Morgan fingerprint density at radius 1 is 1.20 bits per heavy atom. The van der Waals surface area contributed by atoms with Gasteiger partial charge in [-0.2, -0.15) is 0 Å². The van der Waals surface area contributed by atoms with Gasteiger partial charge in [0.05, 0.1) is 5.41 Å². The Morgan fingerprint density at radius 3 is 2.15 bits per heavy atom. The first kappa shape index (κ1) is 17.5. The van der Waals surface area contributed by atoms with Crippen LogP contribution in [-0.2, 0) is 9.53 Å². The number of carbonyl (C=O) groups excluding carboxylic acids is 1. The quantitative estimate of drug-likeness (QED) is 0.588. The molecule has 0 amide bonds. The lowest BCUT2D eigenvalue weighted by Crippen LogP contribution is -2.41. The summed E-state index contributed by atoms with van der Waals surface area (Å²) in [5.41, 5.74) is -0.500. The standard InChI is InChI=1S/C18H34O2/c1-7-18(11-8-9-12-18)20-16(19)17(6,15(4)5)13-10-14(2)3/h14-15H,7-13H2,1-6H3. The average molecular weight is 282 g/mol. The Hall–Kier alpha value is -0.530. The Morgan fingerprint density at radius 2 is 1.75 bits per heavy atom. The fourth-order valence-corrected chi connectivity index (χ4v) is 3.08. The molecular formula is C18H34O2. The highest BCUT2D eigenvalue weighted by atomic mass is 16.6. The SMILES string of the molecule is CCC1(OC(=O)C(C)(CCC(C)C)C(C)C)CCCC1. The van der Waals surface area contributed by atoms with Gasteiger partial charge in [0, 0.05) is 0 Å². The minimum absolute atomic E-state index is 0.0388. The molecule has 0 N–H and O–H groups in total. The van der Waals surface area contributed by atoms with E-state index in [0.717, 1.165) is 32.1 Å². The molecule has 0 aromatic carbocycles. The van der Waals surface area contributed by atoms with Crippen LogP contribution >= 0.6 is 0 Å². The van der Waals surface area contributed by atoms with Crippen LogP contribution in [-0.4, -0.2) is 11.6 Å². The maximum Gasteiger partial charge on any atom is 0.312 e. The van der Waals surface area contributed by atoms with E-state index in [4.69, 9.17) is 4.74 Å². The fourth-order valence-electron chi connectivity index (χ4n) is 3.08. The maximum atomic E-state index is 12.8. The minimum atomic E-state index is -0.338. The van der Waals surface area contributed by atoms with Gasteiger partial charge in [-0.3, -0.25) is 4.79 Å². The lowest BCUT2D eigenvalue weighted by atomic mass is 9.74. The summed E-state index contributed by atoms with van der Waals surface area (Å²) in [5.74, 6) is 0.994. The molecule has 1 unspecified atom stereocenters. The maximum absolute atomic E-state index is 12.8. The molecule has 0 aromatic heterocycles. The summed E-state index contributed by atoms with van der Waals surface area (Å²) >= 11 is 0. The highest BCUT2D eigenvalue weighted by Gasteiger charge is 2.43. The molecule has 0 bridgehead atoms. The van der Waals surface area contributed by atoms with Gasteiger partial charge in [-0.05, 0) is 63.7 Å². The van der Waals surface area contributed by atoms with E-state index < -0.39 is 0 Å². The summed E-state index contributed by atoms with van der Waals surface area (Å²) < 4.78 is 6.07. The van der Waals surface area contributed by atoms with Gasteiger partial charge in [-0.25, -0.2) is 0 Å². The molecule has 1 rings (SSSR count). The third-order valence-electron chi connectivity index (χ3n) is 5.45. The van der Waals surface area contributed by atoms with Crippen molar-refractivity contribution in [3.05, 3.63) is 0 Å². The van der Waals surface area contributed by atoms with Crippen LogP contribution in [0.5, 0.6) is 0 Å². The van der Waals surface area contributed by atoms with Crippen LogP contribution in [0.4, 0.5) is 0 Å². The average Bonchev–Trinajstić information content (AvgIpc) is 2.84. The zero-order valence-corrected chi connectivity index (χ0v) is 14.4. The summed E-state index contributed by atoms with van der Waals surface area (Å²) in [6.45, 7) is 13.0. The number of rotatable bonds is 7. The van der Waals surface area contributed by atoms with Crippen molar-refractivity contribution in [2.75, 3.05) is 0 Å². The first-order valence-electron chi connectivity index (χ1n) is 8.49. The van der Waals surface area contributed by atoms with Crippen molar-refractivity contribution < 1.29 is 9.53 Å². The van der Waals surface area contributed by atoms with Crippen molar-refractivity contribution in [3.8, 4) is 0 Å². The predicted molar refractivity (Wildman–Crippen MR) is 84.6 cm³/mol. The molecule has 0 aromatic rings. The highest BCUT2D eigenvalue weighted by molar-refractivity contribution is 5.77. The summed E-state index contributed by atoms with van der Waals surface area (Å²) in [6.07, 6.45) is 7.47. The van der Waals surface area contributed by atoms with Crippen molar-refractivity contribution in [3.63, 3.8) is 0 Å². The van der Waals surface area contributed by atoms with Gasteiger partial charge < -0.3 is 4.74 Å². The van der Waals surface area contributed by atoms with E-state index in [1.807, 2.05) is 0 Å². The first-order valence-corrected chi connectivity index (χ1v) is 8.49. The van der Waals surface area contributed by atoms with Gasteiger partial charge >= 0.3 is 5.97 Å². The summed E-state index contributed by atoms with van der Waals surface area (Å²) in [6, 6.07) is 0. The largest absolute Gasteiger partial charge is 0.459 e. The smallest absolute Gasteiger partial charge is 0.312 e. The normalized spacial score (nSPS) is 21.2. The molecule has 2 nitrogen and oxygen atoms in total. The Kier molecular flexibility index (Phi) is 6.09. The Labute approximate surface area is 125 Å². The van der Waals surface area contributed by atoms with Gasteiger partial charge in [0.25, 0.3) is 0 Å². The monoisotopic (exact) mass is 282 g/mol.